The maximum absolute atomic E-state index is 13.4. The summed E-state index contributed by atoms with van der Waals surface area (Å²) >= 11 is 3.22. The number of nitrogens with one attached hydrogen (secondary N) is 1. The third-order valence-corrected chi connectivity index (χ3v) is 2.52. The van der Waals surface area contributed by atoms with Crippen LogP contribution in [0.4, 0.5) is 4.39 Å². The predicted molar refractivity (Wildman–Crippen MR) is 62.2 cm³/mol. The Bertz CT molecular complexity index is 529. The Morgan fingerprint density at radius 2 is 2.12 bits per heavy atom. The molecule has 1 heterocycles. The van der Waals surface area contributed by atoms with E-state index in [1.165, 1.54) is 23.4 Å². The van der Waals surface area contributed by atoms with Crippen LogP contribution in [0.3, 0.4) is 0 Å². The number of hydrogen-bond acceptors (Lipinski definition) is 3. The minimum atomic E-state index is -0.410. The molecule has 0 atom stereocenters. The average molecular weight is 299 g/mol. The smallest absolute Gasteiger partial charge is 0.243 e. The van der Waals surface area contributed by atoms with Crippen molar-refractivity contribution in [1.29, 1.82) is 0 Å². The topological polar surface area (TPSA) is 59.8 Å². The first-order chi connectivity index (χ1) is 8.15. The van der Waals surface area contributed by atoms with Gasteiger partial charge in [-0.25, -0.2) is 9.07 Å². The van der Waals surface area contributed by atoms with Gasteiger partial charge in [0.2, 0.25) is 5.91 Å². The van der Waals surface area contributed by atoms with E-state index in [1.54, 1.807) is 12.1 Å². The summed E-state index contributed by atoms with van der Waals surface area (Å²) in [6.45, 7) is 0. The summed E-state index contributed by atoms with van der Waals surface area (Å²) in [5.74, 6) is -0.756. The number of amides is 1. The van der Waals surface area contributed by atoms with Gasteiger partial charge in [0.1, 0.15) is 18.5 Å². The first kappa shape index (κ1) is 11.7. The fourth-order valence-electron chi connectivity index (χ4n) is 1.29. The van der Waals surface area contributed by atoms with Gasteiger partial charge in [-0.15, -0.1) is 10.2 Å². The molecule has 0 aliphatic rings. The Morgan fingerprint density at radius 3 is 2.82 bits per heavy atom. The molecule has 1 N–H and O–H groups in total. The summed E-state index contributed by atoms with van der Waals surface area (Å²) in [5.41, 5.74) is 2.81. The quantitative estimate of drug-likeness (QED) is 0.934. The van der Waals surface area contributed by atoms with Crippen LogP contribution in [0.25, 0.3) is 0 Å². The molecule has 0 radical (unpaired) electrons. The zero-order valence-electron chi connectivity index (χ0n) is 8.60. The number of aromatic nitrogens is 3. The van der Waals surface area contributed by atoms with Crippen LogP contribution in [0.1, 0.15) is 5.56 Å². The number of benzene rings is 1. The highest BCUT2D eigenvalue weighted by atomic mass is 79.9. The van der Waals surface area contributed by atoms with Crippen LogP contribution < -0.4 is 5.43 Å². The molecule has 0 saturated carbocycles. The van der Waals surface area contributed by atoms with E-state index in [1.807, 2.05) is 0 Å². The molecule has 1 amide bonds. The van der Waals surface area contributed by atoms with Crippen molar-refractivity contribution >= 4 is 21.8 Å². The zero-order valence-corrected chi connectivity index (χ0v) is 10.2. The highest BCUT2D eigenvalue weighted by Crippen LogP contribution is 2.15. The molecular weight excluding hydrogens is 291 g/mol. The molecule has 0 aliphatic carbocycles. The molecule has 0 unspecified atom stereocenters. The van der Waals surface area contributed by atoms with Gasteiger partial charge in [-0.1, -0.05) is 15.9 Å². The maximum Gasteiger partial charge on any atom is 0.243 e. The third-order valence-electron chi connectivity index (χ3n) is 2.03. The summed E-state index contributed by atoms with van der Waals surface area (Å²) in [5, 5.41) is 7.06. The molecule has 0 saturated heterocycles. The molecule has 0 spiro atoms. The second-order valence-electron chi connectivity index (χ2n) is 3.32. The maximum atomic E-state index is 13.4. The SMILES string of the molecule is O=C(Cc1cc(Br)ccc1F)Nn1cnnc1. The molecule has 0 bridgehead atoms. The van der Waals surface area contributed by atoms with Crippen molar-refractivity contribution < 1.29 is 9.18 Å². The van der Waals surface area contributed by atoms with E-state index in [-0.39, 0.29) is 12.3 Å². The first-order valence-electron chi connectivity index (χ1n) is 4.73. The van der Waals surface area contributed by atoms with Crippen molar-refractivity contribution in [3.8, 4) is 0 Å². The van der Waals surface area contributed by atoms with E-state index in [0.29, 0.717) is 5.56 Å². The molecular formula is C10H8BrFN4O. The fraction of sp³-hybridized carbons (Fsp3) is 0.100. The lowest BCUT2D eigenvalue weighted by Crippen LogP contribution is -2.23. The average Bonchev–Trinajstić information content (AvgIpc) is 2.76. The van der Waals surface area contributed by atoms with Gasteiger partial charge < -0.3 is 0 Å². The summed E-state index contributed by atoms with van der Waals surface area (Å²) in [6, 6.07) is 4.46. The van der Waals surface area contributed by atoms with Crippen molar-refractivity contribution in [1.82, 2.24) is 14.9 Å². The largest absolute Gasteiger partial charge is 0.273 e. The van der Waals surface area contributed by atoms with Crippen molar-refractivity contribution in [2.75, 3.05) is 5.43 Å². The van der Waals surface area contributed by atoms with Crippen molar-refractivity contribution in [3.63, 3.8) is 0 Å². The van der Waals surface area contributed by atoms with Gasteiger partial charge in [0.25, 0.3) is 0 Å². The van der Waals surface area contributed by atoms with E-state index in [4.69, 9.17) is 0 Å². The molecule has 2 aromatic rings. The number of nitrogens with zero attached hydrogens (tertiary/aromatic N) is 3. The predicted octanol–water partition coefficient (Wildman–Crippen LogP) is 1.49. The van der Waals surface area contributed by atoms with Gasteiger partial charge in [-0.2, -0.15) is 0 Å². The minimum Gasteiger partial charge on any atom is -0.273 e. The number of halogens is 2. The molecule has 88 valence electrons. The van der Waals surface area contributed by atoms with Crippen LogP contribution in [0.15, 0.2) is 35.3 Å². The number of rotatable bonds is 3. The van der Waals surface area contributed by atoms with Crippen LogP contribution in [-0.4, -0.2) is 20.8 Å². The normalized spacial score (nSPS) is 10.2. The Hall–Kier alpha value is -1.76. The molecule has 1 aromatic carbocycles. The number of hydrogen-bond donors (Lipinski definition) is 1. The molecule has 17 heavy (non-hydrogen) atoms. The molecule has 0 fully saturated rings. The van der Waals surface area contributed by atoms with Crippen LogP contribution in [-0.2, 0) is 11.2 Å². The van der Waals surface area contributed by atoms with Crippen molar-refractivity contribution in [2.45, 2.75) is 6.42 Å². The van der Waals surface area contributed by atoms with E-state index in [0.717, 1.165) is 4.47 Å². The van der Waals surface area contributed by atoms with Crippen molar-refractivity contribution in [2.24, 2.45) is 0 Å². The Kier molecular flexibility index (Phi) is 3.48. The summed E-state index contributed by atoms with van der Waals surface area (Å²) in [7, 11) is 0. The lowest BCUT2D eigenvalue weighted by molar-refractivity contribution is -0.116. The molecule has 2 rings (SSSR count). The Labute approximate surface area is 105 Å². The lowest BCUT2D eigenvalue weighted by atomic mass is 10.1. The first-order valence-corrected chi connectivity index (χ1v) is 5.53. The monoisotopic (exact) mass is 298 g/mol. The van der Waals surface area contributed by atoms with Gasteiger partial charge in [0.15, 0.2) is 0 Å². The van der Waals surface area contributed by atoms with E-state index < -0.39 is 5.82 Å². The van der Waals surface area contributed by atoms with E-state index >= 15 is 0 Å². The highest BCUT2D eigenvalue weighted by molar-refractivity contribution is 9.10. The van der Waals surface area contributed by atoms with Crippen LogP contribution in [0, 0.1) is 5.82 Å². The third kappa shape index (κ3) is 3.10. The van der Waals surface area contributed by atoms with Crippen LogP contribution in [0.2, 0.25) is 0 Å². The molecule has 1 aromatic heterocycles. The van der Waals surface area contributed by atoms with Crippen molar-refractivity contribution in [3.05, 3.63) is 46.7 Å². The summed E-state index contributed by atoms with van der Waals surface area (Å²) < 4.78 is 15.4. The van der Waals surface area contributed by atoms with Gasteiger partial charge >= 0.3 is 0 Å². The fourth-order valence-corrected chi connectivity index (χ4v) is 1.70. The zero-order chi connectivity index (χ0) is 12.3. The van der Waals surface area contributed by atoms with E-state index in [2.05, 4.69) is 31.6 Å². The van der Waals surface area contributed by atoms with Crippen LogP contribution >= 0.6 is 15.9 Å². The van der Waals surface area contributed by atoms with E-state index in [9.17, 15) is 9.18 Å². The number of carbonyl (C=O) groups is 1. The van der Waals surface area contributed by atoms with Crippen LogP contribution in [0.5, 0.6) is 0 Å². The molecule has 5 nitrogen and oxygen atoms in total. The summed E-state index contributed by atoms with van der Waals surface area (Å²) in [4.78, 5) is 11.6. The number of carbonyl (C=O) groups excluding carboxylic acids is 1. The van der Waals surface area contributed by atoms with Gasteiger partial charge in [-0.3, -0.25) is 10.2 Å². The minimum absolute atomic E-state index is 0.0521. The second kappa shape index (κ2) is 5.05. The lowest BCUT2D eigenvalue weighted by Gasteiger charge is -2.05. The summed E-state index contributed by atoms with van der Waals surface area (Å²) in [6.07, 6.45) is 2.63. The second-order valence-corrected chi connectivity index (χ2v) is 4.23. The van der Waals surface area contributed by atoms with Gasteiger partial charge in [0.05, 0.1) is 6.42 Å². The Balaban J connectivity index is 2.05. The standard InChI is InChI=1S/C10H8BrFN4O/c11-8-1-2-9(12)7(3-8)4-10(17)15-16-5-13-14-6-16/h1-3,5-6H,4H2,(H,15,17). The highest BCUT2D eigenvalue weighted by Gasteiger charge is 2.09. The Morgan fingerprint density at radius 1 is 1.41 bits per heavy atom. The van der Waals surface area contributed by atoms with Gasteiger partial charge in [0, 0.05) is 4.47 Å². The van der Waals surface area contributed by atoms with Gasteiger partial charge in [-0.05, 0) is 23.8 Å². The molecule has 0 aliphatic heterocycles. The molecule has 7 heteroatoms.